The highest BCUT2D eigenvalue weighted by Gasteiger charge is 2.39. The molecule has 0 saturated carbocycles. The lowest BCUT2D eigenvalue weighted by Gasteiger charge is -2.34. The van der Waals surface area contributed by atoms with Crippen molar-refractivity contribution in [3.05, 3.63) is 316 Å². The summed E-state index contributed by atoms with van der Waals surface area (Å²) in [6, 6.07) is 63.1. The fraction of sp³-hybridized carbons (Fsp3) is 0.366. The van der Waals surface area contributed by atoms with Gasteiger partial charge >= 0.3 is 0 Å². The minimum absolute atomic E-state index is 0.0188. The number of halogens is 4. The molecule has 6 fully saturated rings. The van der Waals surface area contributed by atoms with Crippen molar-refractivity contribution < 1.29 is 43.7 Å². The number of nitrogens with one attached hydrogen (secondary N) is 3. The van der Waals surface area contributed by atoms with Crippen molar-refractivity contribution in [2.24, 2.45) is 0 Å². The van der Waals surface area contributed by atoms with Crippen LogP contribution in [0.3, 0.4) is 0 Å². The van der Waals surface area contributed by atoms with Gasteiger partial charge in [-0.3, -0.25) is 14.7 Å². The summed E-state index contributed by atoms with van der Waals surface area (Å²) in [5.74, 6) is 1.89. The Labute approximate surface area is 740 Å². The van der Waals surface area contributed by atoms with Gasteiger partial charge in [-0.1, -0.05) is 91.3 Å². The third-order valence-electron chi connectivity index (χ3n) is 24.2. The number of aryl methyl sites for hydroxylation is 8. The average Bonchev–Trinajstić information content (AvgIpc) is 1.68. The maximum Gasteiger partial charge on any atom is 0.214 e. The maximum atomic E-state index is 13.5. The van der Waals surface area contributed by atoms with E-state index in [1.54, 1.807) is 54.3 Å². The smallest absolute Gasteiger partial charge is 0.214 e. The Morgan fingerprint density at radius 2 is 0.865 bits per heavy atom. The number of sulfonamides is 1. The first kappa shape index (κ1) is 87.0. The molecular weight excluding hydrogens is 1610 g/mol. The van der Waals surface area contributed by atoms with Crippen molar-refractivity contribution in [2.75, 3.05) is 65.2 Å². The fourth-order valence-electron chi connectivity index (χ4n) is 17.6. The monoisotopic (exact) mass is 1730 g/mol. The SMILES string of the molecule is COc1ccc(CN2CCNC[C@@H]2C)cc1-c1ccnc(CCCc2ccc(O)cc2)n1.Fc1cc(F)cc(CCCc2nccc(-c3cccc(CN4CC5CC4CN5)c3)n2)c1.O=S1(=O)CCCCCN1Cc1cccc(-c2ccnc(CCCc3ccc(O)cc3)n2)c1.[2H]C([2H])(CCc1nccc(-c2cccc(CN3CC4CC3CN4)c2)n1)c1cc(F)cc(F)c1. The van der Waals surface area contributed by atoms with Gasteiger partial charge in [0.25, 0.3) is 0 Å². The number of aromatic nitrogens is 8. The number of methoxy groups -OCH3 is 1. The second kappa shape index (κ2) is 43.9. The number of hydrogen-bond donors (Lipinski definition) is 5. The number of rotatable bonds is 29. The van der Waals surface area contributed by atoms with E-state index < -0.39 is 39.7 Å². The number of nitrogens with zero attached hydrogens (tertiary/aromatic N) is 12. The zero-order chi connectivity index (χ0) is 88.9. The molecule has 5 atom stereocenters. The van der Waals surface area contributed by atoms with Crippen LogP contribution in [0.1, 0.15) is 135 Å². The van der Waals surface area contributed by atoms with E-state index in [4.69, 9.17) is 22.4 Å². The van der Waals surface area contributed by atoms with E-state index >= 15 is 0 Å². The Morgan fingerprint density at radius 3 is 1.33 bits per heavy atom. The summed E-state index contributed by atoms with van der Waals surface area (Å²) in [5.41, 5.74) is 15.3. The summed E-state index contributed by atoms with van der Waals surface area (Å²) in [6.45, 7) is 13.6. The third kappa shape index (κ3) is 25.8. The number of fused-ring (bicyclic) bond motifs is 4. The molecule has 6 aliphatic rings. The predicted molar refractivity (Wildman–Crippen MR) is 485 cm³/mol. The lowest BCUT2D eigenvalue weighted by Crippen LogP contribution is -2.49. The minimum atomic E-state index is -3.18. The highest BCUT2D eigenvalue weighted by atomic mass is 32.2. The van der Waals surface area contributed by atoms with Crippen LogP contribution in [0.25, 0.3) is 45.0 Å². The summed E-state index contributed by atoms with van der Waals surface area (Å²) in [5, 5.41) is 29.4. The quantitative estimate of drug-likeness (QED) is 0.0274. The molecule has 0 aliphatic carbocycles. The van der Waals surface area contributed by atoms with Crippen LogP contribution in [-0.4, -0.2) is 173 Å². The number of hydrogen-bond acceptors (Lipinski definition) is 19. The van der Waals surface area contributed by atoms with E-state index in [0.29, 0.717) is 73.3 Å². The second-order valence-corrected chi connectivity index (χ2v) is 35.7. The van der Waals surface area contributed by atoms with E-state index in [1.807, 2.05) is 97.2 Å². The van der Waals surface area contributed by atoms with Crippen molar-refractivity contribution in [1.82, 2.24) is 74.8 Å². The van der Waals surface area contributed by atoms with Crippen LogP contribution in [0, 0.1) is 23.3 Å². The zero-order valence-corrected chi connectivity index (χ0v) is 72.5. The molecule has 126 heavy (non-hydrogen) atoms. The summed E-state index contributed by atoms with van der Waals surface area (Å²) in [4.78, 5) is 44.1. The summed E-state index contributed by atoms with van der Waals surface area (Å²) in [7, 11) is -1.48. The fourth-order valence-corrected chi connectivity index (χ4v) is 19.1. The van der Waals surface area contributed by atoms with Gasteiger partial charge in [0.15, 0.2) is 0 Å². The molecule has 18 rings (SSSR count). The summed E-state index contributed by atoms with van der Waals surface area (Å²) >= 11 is 0. The summed E-state index contributed by atoms with van der Waals surface area (Å²) < 4.78 is 103. The molecule has 4 aromatic heterocycles. The highest BCUT2D eigenvalue weighted by molar-refractivity contribution is 7.89. The number of phenolic OH excluding ortho intramolecular Hbond substituents is 2. The molecule has 0 amide bonds. The molecule has 4 bridgehead atoms. The number of ether oxygens (including phenoxy) is 1. The van der Waals surface area contributed by atoms with Crippen LogP contribution < -0.4 is 20.7 Å². The normalized spacial score (nSPS) is 18.9. The number of aromatic hydroxyl groups is 2. The maximum absolute atomic E-state index is 13.5. The molecule has 8 aromatic carbocycles. The van der Waals surface area contributed by atoms with Crippen LogP contribution in [0.5, 0.6) is 17.2 Å². The highest BCUT2D eigenvalue weighted by Crippen LogP contribution is 2.34. The van der Waals surface area contributed by atoms with E-state index in [1.165, 1.54) is 52.8 Å². The van der Waals surface area contributed by atoms with Gasteiger partial charge in [-0.25, -0.2) is 65.9 Å². The molecule has 0 radical (unpaired) electrons. The van der Waals surface area contributed by atoms with Gasteiger partial charge < -0.3 is 30.9 Å². The molecule has 5 N–H and O–H groups in total. The molecule has 25 heteroatoms. The van der Waals surface area contributed by atoms with Crippen molar-refractivity contribution in [2.45, 2.75) is 172 Å². The van der Waals surface area contributed by atoms with Gasteiger partial charge in [-0.2, -0.15) is 4.31 Å². The van der Waals surface area contributed by atoms with E-state index in [0.717, 1.165) is 228 Å². The van der Waals surface area contributed by atoms with Gasteiger partial charge in [0.1, 0.15) is 63.8 Å². The van der Waals surface area contributed by atoms with E-state index in [-0.39, 0.29) is 29.9 Å². The van der Waals surface area contributed by atoms with Crippen LogP contribution in [-0.2, 0) is 87.5 Å². The van der Waals surface area contributed by atoms with Crippen molar-refractivity contribution >= 4 is 10.0 Å². The van der Waals surface area contributed by atoms with Gasteiger partial charge in [-0.15, -0.1) is 0 Å². The molecule has 12 aromatic rings. The number of benzene rings is 8. The molecule has 6 saturated heterocycles. The van der Waals surface area contributed by atoms with Gasteiger partial charge in [0.05, 0.1) is 35.6 Å². The van der Waals surface area contributed by atoms with Gasteiger partial charge in [-0.05, 0) is 232 Å². The van der Waals surface area contributed by atoms with Crippen molar-refractivity contribution in [3.63, 3.8) is 0 Å². The molecule has 0 spiro atoms. The molecule has 4 unspecified atom stereocenters. The molecular formula is C101H113F4N15O5S. The Kier molecular flexibility index (Phi) is 30.3. The lowest BCUT2D eigenvalue weighted by atomic mass is 10.0. The minimum Gasteiger partial charge on any atom is -0.508 e. The van der Waals surface area contributed by atoms with Crippen LogP contribution in [0.4, 0.5) is 17.6 Å². The topological polar surface area (TPSA) is 236 Å². The predicted octanol–water partition coefficient (Wildman–Crippen LogP) is 16.5. The number of piperazine rings is 3. The Hall–Kier alpha value is -11.1. The number of likely N-dealkylation sites (tertiary alicyclic amines) is 2. The van der Waals surface area contributed by atoms with E-state index in [2.05, 4.69) is 111 Å². The summed E-state index contributed by atoms with van der Waals surface area (Å²) in [6.07, 6.45) is 17.8. The first-order valence-electron chi connectivity index (χ1n) is 45.2. The lowest BCUT2D eigenvalue weighted by molar-refractivity contribution is 0.165. The number of phenols is 2. The Balaban J connectivity index is 0.000000131. The van der Waals surface area contributed by atoms with Crippen LogP contribution >= 0.6 is 0 Å². The first-order valence-corrected chi connectivity index (χ1v) is 45.8. The average molecular weight is 1730 g/mol. The molecule has 20 nitrogen and oxygen atoms in total. The van der Waals surface area contributed by atoms with Crippen molar-refractivity contribution in [3.8, 4) is 62.3 Å². The standard InChI is InChI=1S/C26H32N4O2.2C25H26F2N4.C25H29N3O3S/c1-19-17-27-14-15-30(19)18-21-8-11-25(32-2)23(16-21)24-12-13-28-26(29-24)5-3-4-20-6-9-22(31)10-7-20;2*26-20-10-17(11-21(27)12-20)3-2-6-25-28-8-7-24(30-25)19-5-1-4-18(9-19)15-31-16-22-13-23(31)14-29-22;29-23-12-10-20(11-13-23)6-5-9-25-26-15-14-24(27-25)22-8-4-7-21(18-22)19-28-16-2-1-3-17-32(28,30)31/h6-13,16,19,27,31H,3-5,14-15,17-18H2,1-2H3;2*1,4-5,7-12,22-23,29H,2-3,6,13-16H2;4,7-8,10-15,18,29H,1-3,5-6,9,16-17,19H2/t19-;;;/m0.../s1/i;3D2;;. The van der Waals surface area contributed by atoms with Crippen LogP contribution in [0.2, 0.25) is 0 Å². The van der Waals surface area contributed by atoms with Crippen LogP contribution in [0.15, 0.2) is 225 Å². The largest absolute Gasteiger partial charge is 0.508 e. The molecule has 656 valence electrons. The van der Waals surface area contributed by atoms with Gasteiger partial charge in [0, 0.05) is 196 Å². The van der Waals surface area contributed by atoms with Crippen molar-refractivity contribution in [1.29, 1.82) is 0 Å². The third-order valence-corrected chi connectivity index (χ3v) is 26.1. The molecule has 6 aliphatic heterocycles. The second-order valence-electron chi connectivity index (χ2n) is 33.7. The Morgan fingerprint density at radius 1 is 0.437 bits per heavy atom. The first-order chi connectivity index (χ1) is 62.1. The van der Waals surface area contributed by atoms with E-state index in [9.17, 15) is 36.2 Å². The Bertz CT molecular complexity index is 5780. The molecule has 10 heterocycles. The zero-order valence-electron chi connectivity index (χ0n) is 73.7. The van der Waals surface area contributed by atoms with Gasteiger partial charge in [0.2, 0.25) is 10.0 Å².